The maximum Gasteiger partial charge on any atom is 0.248 e. The minimum atomic E-state index is -0.460. The van der Waals surface area contributed by atoms with Crippen LogP contribution in [0.3, 0.4) is 0 Å². The van der Waals surface area contributed by atoms with Gasteiger partial charge in [-0.2, -0.15) is 0 Å². The summed E-state index contributed by atoms with van der Waals surface area (Å²) in [5.74, 6) is -0.718. The number of amides is 1. The number of carbonyl (C=O) groups excluding carboxylic acids is 1. The Morgan fingerprint density at radius 1 is 1.21 bits per heavy atom. The Morgan fingerprint density at radius 3 is 2.53 bits per heavy atom. The lowest BCUT2D eigenvalue weighted by Crippen LogP contribution is -2.12. The summed E-state index contributed by atoms with van der Waals surface area (Å²) >= 11 is 0. The van der Waals surface area contributed by atoms with Crippen molar-refractivity contribution in [1.29, 1.82) is 0 Å². The molecule has 1 atom stereocenters. The highest BCUT2D eigenvalue weighted by molar-refractivity contribution is 5.93. The van der Waals surface area contributed by atoms with Crippen molar-refractivity contribution < 1.29 is 9.18 Å². The van der Waals surface area contributed by atoms with Gasteiger partial charge in [0, 0.05) is 17.3 Å². The summed E-state index contributed by atoms with van der Waals surface area (Å²) in [6.07, 6.45) is 0. The maximum atomic E-state index is 12.8. The van der Waals surface area contributed by atoms with Crippen LogP contribution in [0.2, 0.25) is 0 Å². The van der Waals surface area contributed by atoms with E-state index in [9.17, 15) is 9.18 Å². The monoisotopic (exact) mass is 258 g/mol. The van der Waals surface area contributed by atoms with Gasteiger partial charge in [0.1, 0.15) is 5.82 Å². The largest absolute Gasteiger partial charge is 0.379 e. The number of anilines is 1. The first-order chi connectivity index (χ1) is 9.06. The molecule has 4 heteroatoms. The number of hydrogen-bond donors (Lipinski definition) is 2. The summed E-state index contributed by atoms with van der Waals surface area (Å²) in [6.45, 7) is 1.96. The number of primary amides is 1. The second-order valence-electron chi connectivity index (χ2n) is 4.36. The van der Waals surface area contributed by atoms with Gasteiger partial charge in [-0.15, -0.1) is 0 Å². The highest BCUT2D eigenvalue weighted by atomic mass is 19.1. The summed E-state index contributed by atoms with van der Waals surface area (Å²) in [4.78, 5) is 11.1. The van der Waals surface area contributed by atoms with Crippen molar-refractivity contribution >= 4 is 11.6 Å². The van der Waals surface area contributed by atoms with E-state index in [0.29, 0.717) is 5.56 Å². The van der Waals surface area contributed by atoms with Gasteiger partial charge in [0.2, 0.25) is 5.91 Å². The molecule has 3 nitrogen and oxygen atoms in total. The average molecular weight is 258 g/mol. The predicted molar refractivity (Wildman–Crippen MR) is 73.4 cm³/mol. The van der Waals surface area contributed by atoms with Gasteiger partial charge in [-0.3, -0.25) is 4.79 Å². The van der Waals surface area contributed by atoms with E-state index in [1.807, 2.05) is 13.0 Å². The molecule has 0 aliphatic carbocycles. The molecule has 0 saturated heterocycles. The molecule has 1 unspecified atom stereocenters. The molecule has 0 heterocycles. The van der Waals surface area contributed by atoms with Gasteiger partial charge in [0.25, 0.3) is 0 Å². The first-order valence-corrected chi connectivity index (χ1v) is 5.98. The molecule has 2 aromatic carbocycles. The highest BCUT2D eigenvalue weighted by Crippen LogP contribution is 2.20. The molecule has 0 spiro atoms. The Hall–Kier alpha value is -2.36. The van der Waals surface area contributed by atoms with E-state index in [1.54, 1.807) is 30.3 Å². The van der Waals surface area contributed by atoms with Crippen molar-refractivity contribution in [3.63, 3.8) is 0 Å². The minimum absolute atomic E-state index is 0.00345. The molecule has 0 saturated carbocycles. The summed E-state index contributed by atoms with van der Waals surface area (Å²) < 4.78 is 12.8. The number of nitrogens with two attached hydrogens (primary N) is 1. The van der Waals surface area contributed by atoms with E-state index in [1.165, 1.54) is 12.1 Å². The molecule has 0 aromatic heterocycles. The van der Waals surface area contributed by atoms with Crippen LogP contribution in [0.5, 0.6) is 0 Å². The third-order valence-electron chi connectivity index (χ3n) is 2.90. The van der Waals surface area contributed by atoms with Gasteiger partial charge in [0.15, 0.2) is 0 Å². The smallest absolute Gasteiger partial charge is 0.248 e. The number of benzene rings is 2. The Labute approximate surface area is 111 Å². The summed E-state index contributed by atoms with van der Waals surface area (Å²) in [7, 11) is 0. The van der Waals surface area contributed by atoms with Crippen LogP contribution in [0.1, 0.15) is 28.9 Å². The molecular weight excluding hydrogens is 243 g/mol. The van der Waals surface area contributed by atoms with Gasteiger partial charge in [0.05, 0.1) is 0 Å². The summed E-state index contributed by atoms with van der Waals surface area (Å²) in [6, 6.07) is 13.3. The van der Waals surface area contributed by atoms with Crippen LogP contribution in [-0.2, 0) is 0 Å². The lowest BCUT2D eigenvalue weighted by atomic mass is 10.1. The molecule has 19 heavy (non-hydrogen) atoms. The fourth-order valence-corrected chi connectivity index (χ4v) is 1.85. The molecule has 1 amide bonds. The van der Waals surface area contributed by atoms with Crippen LogP contribution in [0.4, 0.5) is 10.1 Å². The molecular formula is C15H15FN2O. The zero-order valence-corrected chi connectivity index (χ0v) is 10.6. The zero-order chi connectivity index (χ0) is 13.8. The van der Waals surface area contributed by atoms with Crippen LogP contribution in [0.25, 0.3) is 0 Å². The van der Waals surface area contributed by atoms with Gasteiger partial charge in [-0.25, -0.2) is 4.39 Å². The molecule has 2 rings (SSSR count). The van der Waals surface area contributed by atoms with Crippen molar-refractivity contribution in [1.82, 2.24) is 0 Å². The van der Waals surface area contributed by atoms with Gasteiger partial charge < -0.3 is 11.1 Å². The second kappa shape index (κ2) is 5.52. The minimum Gasteiger partial charge on any atom is -0.379 e. The van der Waals surface area contributed by atoms with E-state index in [4.69, 9.17) is 5.73 Å². The van der Waals surface area contributed by atoms with Gasteiger partial charge in [-0.1, -0.05) is 18.2 Å². The van der Waals surface area contributed by atoms with E-state index in [0.717, 1.165) is 11.3 Å². The molecule has 0 aliphatic rings. The molecule has 0 bridgehead atoms. The predicted octanol–water partition coefficient (Wildman–Crippen LogP) is 3.10. The van der Waals surface area contributed by atoms with Gasteiger partial charge >= 0.3 is 0 Å². The number of carbonyl (C=O) groups is 1. The van der Waals surface area contributed by atoms with Crippen molar-refractivity contribution in [2.24, 2.45) is 5.73 Å². The lowest BCUT2D eigenvalue weighted by molar-refractivity contribution is 0.100. The van der Waals surface area contributed by atoms with Crippen molar-refractivity contribution in [3.8, 4) is 0 Å². The molecule has 0 radical (unpaired) electrons. The fraction of sp³-hybridized carbons (Fsp3) is 0.133. The standard InChI is InChI=1S/C15H15FN2O/c1-10(11-5-7-13(16)8-6-11)18-14-4-2-3-12(9-14)15(17)19/h2-10,18H,1H3,(H2,17,19). The lowest BCUT2D eigenvalue weighted by Gasteiger charge is -2.16. The number of halogens is 1. The Kier molecular flexibility index (Phi) is 3.80. The number of rotatable bonds is 4. The first-order valence-electron chi connectivity index (χ1n) is 5.98. The Bertz CT molecular complexity index is 581. The molecule has 2 aromatic rings. The third kappa shape index (κ3) is 3.31. The van der Waals surface area contributed by atoms with E-state index in [2.05, 4.69) is 5.32 Å². The number of hydrogen-bond acceptors (Lipinski definition) is 2. The third-order valence-corrected chi connectivity index (χ3v) is 2.90. The zero-order valence-electron chi connectivity index (χ0n) is 10.6. The SMILES string of the molecule is CC(Nc1cccc(C(N)=O)c1)c1ccc(F)cc1. The second-order valence-corrected chi connectivity index (χ2v) is 4.36. The van der Waals surface area contributed by atoms with Crippen molar-refractivity contribution in [3.05, 3.63) is 65.5 Å². The Balaban J connectivity index is 2.14. The molecule has 0 aliphatic heterocycles. The van der Waals surface area contributed by atoms with Crippen LogP contribution < -0.4 is 11.1 Å². The normalized spacial score (nSPS) is 11.9. The van der Waals surface area contributed by atoms with E-state index in [-0.39, 0.29) is 11.9 Å². The summed E-state index contributed by atoms with van der Waals surface area (Å²) in [5.41, 5.74) is 7.45. The number of nitrogens with one attached hydrogen (secondary N) is 1. The van der Waals surface area contributed by atoms with Crippen LogP contribution in [0.15, 0.2) is 48.5 Å². The molecule has 98 valence electrons. The van der Waals surface area contributed by atoms with Crippen molar-refractivity contribution in [2.45, 2.75) is 13.0 Å². The summed E-state index contributed by atoms with van der Waals surface area (Å²) in [5, 5.41) is 3.24. The van der Waals surface area contributed by atoms with Crippen LogP contribution in [0, 0.1) is 5.82 Å². The fourth-order valence-electron chi connectivity index (χ4n) is 1.85. The highest BCUT2D eigenvalue weighted by Gasteiger charge is 2.07. The Morgan fingerprint density at radius 2 is 1.89 bits per heavy atom. The van der Waals surface area contributed by atoms with Crippen LogP contribution >= 0.6 is 0 Å². The molecule has 3 N–H and O–H groups in total. The maximum absolute atomic E-state index is 12.8. The van der Waals surface area contributed by atoms with Gasteiger partial charge in [-0.05, 0) is 42.8 Å². The average Bonchev–Trinajstić information content (AvgIpc) is 2.39. The topological polar surface area (TPSA) is 55.1 Å². The van der Waals surface area contributed by atoms with E-state index < -0.39 is 5.91 Å². The molecule has 0 fully saturated rings. The van der Waals surface area contributed by atoms with Crippen molar-refractivity contribution in [2.75, 3.05) is 5.32 Å². The first kappa shape index (κ1) is 13.1. The quantitative estimate of drug-likeness (QED) is 0.885. The van der Waals surface area contributed by atoms with Crippen LogP contribution in [-0.4, -0.2) is 5.91 Å². The van der Waals surface area contributed by atoms with E-state index >= 15 is 0 Å².